The molecule has 0 amide bonds. The Morgan fingerprint density at radius 3 is 2.80 bits per heavy atom. The fourth-order valence-corrected chi connectivity index (χ4v) is 2.39. The van der Waals surface area contributed by atoms with Gasteiger partial charge in [0.05, 0.1) is 19.1 Å². The van der Waals surface area contributed by atoms with Gasteiger partial charge in [0.15, 0.2) is 17.3 Å². The summed E-state index contributed by atoms with van der Waals surface area (Å²) in [6.45, 7) is 5.55. The van der Waals surface area contributed by atoms with Gasteiger partial charge in [0, 0.05) is 6.42 Å². The van der Waals surface area contributed by atoms with Crippen molar-refractivity contribution in [3.63, 3.8) is 0 Å². The van der Waals surface area contributed by atoms with Gasteiger partial charge in [-0.1, -0.05) is 12.6 Å². The standard InChI is InChI=1S/C19H19NO5/c1-12(21)9-14-6-7-16(18(10-14)22-3)24-11-15-13(2)25-19(20-15)17-5-4-8-23-17/h4-8,10,21H,1,9,11H2,2-3H3. The number of methoxy groups -OCH3 is 1. The quantitative estimate of drug-likeness (QED) is 0.640. The molecule has 0 aliphatic carbocycles. The molecule has 0 atom stereocenters. The zero-order valence-corrected chi connectivity index (χ0v) is 14.1. The highest BCUT2D eigenvalue weighted by Crippen LogP contribution is 2.30. The first-order valence-corrected chi connectivity index (χ1v) is 7.73. The molecule has 25 heavy (non-hydrogen) atoms. The largest absolute Gasteiger partial charge is 0.513 e. The van der Waals surface area contributed by atoms with Crippen molar-refractivity contribution in [1.82, 2.24) is 4.98 Å². The summed E-state index contributed by atoms with van der Waals surface area (Å²) in [6.07, 6.45) is 1.93. The minimum absolute atomic E-state index is 0.0967. The minimum atomic E-state index is 0.0967. The molecule has 6 heteroatoms. The molecule has 0 fully saturated rings. The monoisotopic (exact) mass is 341 g/mol. The molecule has 0 bridgehead atoms. The van der Waals surface area contributed by atoms with Crippen LogP contribution < -0.4 is 9.47 Å². The Kier molecular flexibility index (Phi) is 4.79. The number of aryl methyl sites for hydroxylation is 1. The molecule has 130 valence electrons. The Bertz CT molecular complexity index is 864. The van der Waals surface area contributed by atoms with Crippen molar-refractivity contribution < 1.29 is 23.4 Å². The van der Waals surface area contributed by atoms with E-state index in [1.807, 2.05) is 13.0 Å². The molecule has 2 aromatic heterocycles. The normalized spacial score (nSPS) is 10.6. The van der Waals surface area contributed by atoms with E-state index in [-0.39, 0.29) is 12.4 Å². The van der Waals surface area contributed by atoms with Crippen LogP contribution in [0, 0.1) is 6.92 Å². The third kappa shape index (κ3) is 3.85. The molecule has 0 radical (unpaired) electrons. The smallest absolute Gasteiger partial charge is 0.263 e. The molecular weight excluding hydrogens is 322 g/mol. The van der Waals surface area contributed by atoms with E-state index in [4.69, 9.17) is 18.3 Å². The van der Waals surface area contributed by atoms with Gasteiger partial charge in [0.2, 0.25) is 0 Å². The summed E-state index contributed by atoms with van der Waals surface area (Å²) in [5.41, 5.74) is 1.57. The Morgan fingerprint density at radius 1 is 1.28 bits per heavy atom. The van der Waals surface area contributed by atoms with Crippen LogP contribution in [0.2, 0.25) is 0 Å². The van der Waals surface area contributed by atoms with Crippen molar-refractivity contribution in [2.45, 2.75) is 20.0 Å². The van der Waals surface area contributed by atoms with E-state index in [0.717, 1.165) is 5.56 Å². The van der Waals surface area contributed by atoms with Gasteiger partial charge in [-0.25, -0.2) is 4.98 Å². The van der Waals surface area contributed by atoms with Gasteiger partial charge in [-0.3, -0.25) is 0 Å². The zero-order chi connectivity index (χ0) is 17.8. The number of nitrogens with zero attached hydrogens (tertiary/aromatic N) is 1. The van der Waals surface area contributed by atoms with Gasteiger partial charge in [0.1, 0.15) is 18.1 Å². The van der Waals surface area contributed by atoms with Crippen LogP contribution in [0.1, 0.15) is 17.0 Å². The summed E-state index contributed by atoms with van der Waals surface area (Å²) in [4.78, 5) is 4.41. The lowest BCUT2D eigenvalue weighted by atomic mass is 10.1. The molecule has 0 aliphatic rings. The van der Waals surface area contributed by atoms with Crippen molar-refractivity contribution >= 4 is 0 Å². The van der Waals surface area contributed by atoms with Gasteiger partial charge >= 0.3 is 0 Å². The van der Waals surface area contributed by atoms with E-state index in [1.54, 1.807) is 37.6 Å². The fourth-order valence-electron chi connectivity index (χ4n) is 2.39. The second kappa shape index (κ2) is 7.17. The van der Waals surface area contributed by atoms with Crippen LogP contribution in [0.5, 0.6) is 11.5 Å². The molecule has 3 aromatic rings. The van der Waals surface area contributed by atoms with Crippen molar-refractivity contribution in [2.24, 2.45) is 0 Å². The van der Waals surface area contributed by atoms with Crippen LogP contribution in [-0.2, 0) is 13.0 Å². The van der Waals surface area contributed by atoms with Gasteiger partial charge < -0.3 is 23.4 Å². The van der Waals surface area contributed by atoms with Crippen LogP contribution in [0.3, 0.4) is 0 Å². The van der Waals surface area contributed by atoms with Crippen LogP contribution in [0.25, 0.3) is 11.7 Å². The van der Waals surface area contributed by atoms with Crippen molar-refractivity contribution in [3.8, 4) is 23.1 Å². The first-order valence-electron chi connectivity index (χ1n) is 7.73. The van der Waals surface area contributed by atoms with Crippen molar-refractivity contribution in [1.29, 1.82) is 0 Å². The van der Waals surface area contributed by atoms with E-state index in [1.165, 1.54) is 0 Å². The van der Waals surface area contributed by atoms with E-state index in [0.29, 0.717) is 41.0 Å². The molecule has 1 aromatic carbocycles. The molecule has 0 saturated heterocycles. The summed E-state index contributed by atoms with van der Waals surface area (Å²) in [5, 5.41) is 9.31. The lowest BCUT2D eigenvalue weighted by Crippen LogP contribution is -2.00. The average molecular weight is 341 g/mol. The summed E-state index contributed by atoms with van der Waals surface area (Å²) >= 11 is 0. The number of aliphatic hydroxyl groups is 1. The highest BCUT2D eigenvalue weighted by molar-refractivity contribution is 5.45. The second-order valence-corrected chi connectivity index (χ2v) is 5.52. The molecule has 0 saturated carbocycles. The van der Waals surface area contributed by atoms with Gasteiger partial charge in [0.25, 0.3) is 5.89 Å². The molecule has 0 aliphatic heterocycles. The van der Waals surface area contributed by atoms with Crippen LogP contribution in [0.15, 0.2) is 57.8 Å². The Labute approximate surface area is 145 Å². The van der Waals surface area contributed by atoms with Crippen molar-refractivity contribution in [2.75, 3.05) is 7.11 Å². The Morgan fingerprint density at radius 2 is 2.12 bits per heavy atom. The van der Waals surface area contributed by atoms with Gasteiger partial charge in [-0.05, 0) is 36.8 Å². The second-order valence-electron chi connectivity index (χ2n) is 5.52. The molecular formula is C19H19NO5. The first kappa shape index (κ1) is 16.7. The average Bonchev–Trinajstić information content (AvgIpc) is 3.22. The first-order chi connectivity index (χ1) is 12.1. The number of aliphatic hydroxyl groups excluding tert-OH is 1. The number of aromatic nitrogens is 1. The number of rotatable bonds is 7. The number of hydrogen-bond donors (Lipinski definition) is 1. The fraction of sp³-hybridized carbons (Fsp3) is 0.211. The lowest BCUT2D eigenvalue weighted by molar-refractivity contribution is 0.279. The van der Waals surface area contributed by atoms with E-state index >= 15 is 0 Å². The summed E-state index contributed by atoms with van der Waals surface area (Å²) in [7, 11) is 1.57. The number of oxazole rings is 1. The van der Waals surface area contributed by atoms with Crippen molar-refractivity contribution in [3.05, 3.63) is 66.0 Å². The molecule has 6 nitrogen and oxygen atoms in total. The van der Waals surface area contributed by atoms with Gasteiger partial charge in [-0.15, -0.1) is 0 Å². The number of ether oxygens (including phenoxy) is 2. The Balaban J connectivity index is 1.74. The predicted molar refractivity (Wildman–Crippen MR) is 91.7 cm³/mol. The number of benzene rings is 1. The van der Waals surface area contributed by atoms with Crippen LogP contribution >= 0.6 is 0 Å². The number of allylic oxidation sites excluding steroid dienone is 1. The van der Waals surface area contributed by atoms with E-state index in [9.17, 15) is 5.11 Å². The molecule has 1 N–H and O–H groups in total. The molecule has 2 heterocycles. The van der Waals surface area contributed by atoms with Crippen LogP contribution in [0.4, 0.5) is 0 Å². The van der Waals surface area contributed by atoms with Gasteiger partial charge in [-0.2, -0.15) is 0 Å². The topological polar surface area (TPSA) is 77.9 Å². The Hall–Kier alpha value is -3.15. The van der Waals surface area contributed by atoms with E-state index < -0.39 is 0 Å². The maximum Gasteiger partial charge on any atom is 0.263 e. The SMILES string of the molecule is C=C(O)Cc1ccc(OCc2nc(-c3ccco3)oc2C)c(OC)c1. The number of hydrogen-bond acceptors (Lipinski definition) is 6. The third-order valence-electron chi connectivity index (χ3n) is 3.63. The third-order valence-corrected chi connectivity index (χ3v) is 3.63. The van der Waals surface area contributed by atoms with E-state index in [2.05, 4.69) is 11.6 Å². The summed E-state index contributed by atoms with van der Waals surface area (Å²) < 4.78 is 22.1. The highest BCUT2D eigenvalue weighted by atomic mass is 16.5. The maximum atomic E-state index is 9.31. The lowest BCUT2D eigenvalue weighted by Gasteiger charge is -2.11. The zero-order valence-electron chi connectivity index (χ0n) is 14.1. The minimum Gasteiger partial charge on any atom is -0.513 e. The predicted octanol–water partition coefficient (Wildman–Crippen LogP) is 4.44. The molecule has 3 rings (SSSR count). The maximum absolute atomic E-state index is 9.31. The summed E-state index contributed by atoms with van der Waals surface area (Å²) in [5.74, 6) is 2.91. The summed E-state index contributed by atoms with van der Waals surface area (Å²) in [6, 6.07) is 9.01. The number of furan rings is 1. The highest BCUT2D eigenvalue weighted by Gasteiger charge is 2.15. The molecule has 0 unspecified atom stereocenters. The molecule has 0 spiro atoms. The van der Waals surface area contributed by atoms with Crippen LogP contribution in [-0.4, -0.2) is 17.2 Å².